The predicted molar refractivity (Wildman–Crippen MR) is 67.9 cm³/mol. The summed E-state index contributed by atoms with van der Waals surface area (Å²) in [6.45, 7) is 6.99. The zero-order valence-corrected chi connectivity index (χ0v) is 10.9. The maximum atomic E-state index is 6.45. The third-order valence-corrected chi connectivity index (χ3v) is 3.91. The number of hydrogen-bond acceptors (Lipinski definition) is 1. The molecule has 1 atom stereocenters. The molecule has 1 nitrogen and oxygen atoms in total. The molecule has 0 spiro atoms. The highest BCUT2D eigenvalue weighted by Crippen LogP contribution is 2.44. The molecule has 0 aromatic heterocycles. The van der Waals surface area contributed by atoms with Crippen molar-refractivity contribution in [2.45, 2.75) is 84.1 Å². The van der Waals surface area contributed by atoms with Crippen LogP contribution >= 0.6 is 0 Å². The molecule has 1 rings (SSSR count). The molecule has 0 bridgehead atoms. The van der Waals surface area contributed by atoms with Gasteiger partial charge in [0.15, 0.2) is 0 Å². The second kappa shape index (κ2) is 5.34. The Morgan fingerprint density at radius 2 is 1.67 bits per heavy atom. The van der Waals surface area contributed by atoms with Crippen LogP contribution in [0.2, 0.25) is 0 Å². The molecule has 1 unspecified atom stereocenters. The third kappa shape index (κ3) is 4.55. The first-order valence-corrected chi connectivity index (χ1v) is 6.76. The second-order valence-electron chi connectivity index (χ2n) is 6.37. The molecule has 0 radical (unpaired) electrons. The summed E-state index contributed by atoms with van der Waals surface area (Å²) in [6, 6.07) is 0. The minimum absolute atomic E-state index is 0.176. The lowest BCUT2D eigenvalue weighted by molar-refractivity contribution is 0.316. The molecule has 0 aromatic carbocycles. The van der Waals surface area contributed by atoms with Crippen molar-refractivity contribution >= 4 is 0 Å². The Kier molecular flexibility index (Phi) is 4.64. The van der Waals surface area contributed by atoms with Gasteiger partial charge in [-0.25, -0.2) is 0 Å². The Morgan fingerprint density at radius 1 is 1.00 bits per heavy atom. The number of rotatable bonds is 6. The molecule has 1 saturated carbocycles. The Labute approximate surface area is 95.8 Å². The maximum Gasteiger partial charge on any atom is 0.0159 e. The summed E-state index contributed by atoms with van der Waals surface area (Å²) in [6.07, 6.45) is 11.9. The Bertz CT molecular complexity index is 186. The predicted octanol–water partition coefficient (Wildman–Crippen LogP) is 4.25. The molecule has 1 aliphatic carbocycles. The average molecular weight is 211 g/mol. The van der Waals surface area contributed by atoms with Gasteiger partial charge in [-0.15, -0.1) is 0 Å². The van der Waals surface area contributed by atoms with Gasteiger partial charge in [0.2, 0.25) is 0 Å². The minimum atomic E-state index is 0.176. The lowest BCUT2D eigenvalue weighted by Crippen LogP contribution is -2.37. The van der Waals surface area contributed by atoms with Gasteiger partial charge >= 0.3 is 0 Å². The van der Waals surface area contributed by atoms with E-state index in [1.807, 2.05) is 0 Å². The van der Waals surface area contributed by atoms with E-state index in [2.05, 4.69) is 20.8 Å². The molecule has 0 heterocycles. The van der Waals surface area contributed by atoms with E-state index in [9.17, 15) is 0 Å². The van der Waals surface area contributed by atoms with E-state index < -0.39 is 0 Å². The van der Waals surface area contributed by atoms with Crippen LogP contribution < -0.4 is 5.73 Å². The Morgan fingerprint density at radius 3 is 2.20 bits per heavy atom. The first kappa shape index (κ1) is 13.0. The monoisotopic (exact) mass is 211 g/mol. The zero-order valence-electron chi connectivity index (χ0n) is 10.9. The third-order valence-electron chi connectivity index (χ3n) is 3.91. The van der Waals surface area contributed by atoms with Crippen molar-refractivity contribution in [3.8, 4) is 0 Å². The summed E-state index contributed by atoms with van der Waals surface area (Å²) in [5.41, 5.74) is 7.12. The number of unbranched alkanes of at least 4 members (excludes halogenated alkanes) is 4. The van der Waals surface area contributed by atoms with Crippen molar-refractivity contribution < 1.29 is 0 Å². The smallest absolute Gasteiger partial charge is 0.0159 e. The fourth-order valence-corrected chi connectivity index (χ4v) is 3.01. The van der Waals surface area contributed by atoms with Crippen molar-refractivity contribution in [3.63, 3.8) is 0 Å². The largest absolute Gasteiger partial charge is 0.325 e. The summed E-state index contributed by atoms with van der Waals surface area (Å²) in [7, 11) is 0. The summed E-state index contributed by atoms with van der Waals surface area (Å²) in [4.78, 5) is 0. The molecule has 90 valence electrons. The highest BCUT2D eigenvalue weighted by atomic mass is 14.8. The van der Waals surface area contributed by atoms with Crippen LogP contribution in [-0.4, -0.2) is 5.54 Å². The van der Waals surface area contributed by atoms with Crippen LogP contribution in [0.3, 0.4) is 0 Å². The van der Waals surface area contributed by atoms with E-state index in [0.717, 1.165) is 0 Å². The Balaban J connectivity index is 2.15. The fourth-order valence-electron chi connectivity index (χ4n) is 3.01. The minimum Gasteiger partial charge on any atom is -0.325 e. The van der Waals surface area contributed by atoms with E-state index in [1.54, 1.807) is 0 Å². The van der Waals surface area contributed by atoms with Crippen molar-refractivity contribution in [2.75, 3.05) is 0 Å². The SMILES string of the molecule is CCCCCCCC1(N)CCC(C)(C)C1. The zero-order chi connectivity index (χ0) is 11.4. The van der Waals surface area contributed by atoms with E-state index in [1.165, 1.54) is 57.8 Å². The molecule has 0 saturated heterocycles. The number of nitrogens with two attached hydrogens (primary N) is 1. The molecule has 0 aromatic rings. The van der Waals surface area contributed by atoms with Gasteiger partial charge in [-0.3, -0.25) is 0 Å². The van der Waals surface area contributed by atoms with Crippen LogP contribution in [0.25, 0.3) is 0 Å². The topological polar surface area (TPSA) is 26.0 Å². The van der Waals surface area contributed by atoms with Gasteiger partial charge in [0, 0.05) is 5.54 Å². The molecular weight excluding hydrogens is 182 g/mol. The Hall–Kier alpha value is -0.0400. The number of hydrogen-bond donors (Lipinski definition) is 1. The van der Waals surface area contributed by atoms with Crippen molar-refractivity contribution in [1.82, 2.24) is 0 Å². The van der Waals surface area contributed by atoms with Crippen LogP contribution in [0.1, 0.15) is 78.6 Å². The first-order valence-electron chi connectivity index (χ1n) is 6.76. The van der Waals surface area contributed by atoms with E-state index in [-0.39, 0.29) is 5.54 Å². The molecule has 2 N–H and O–H groups in total. The second-order valence-corrected chi connectivity index (χ2v) is 6.37. The van der Waals surface area contributed by atoms with Crippen molar-refractivity contribution in [2.24, 2.45) is 11.1 Å². The van der Waals surface area contributed by atoms with Gasteiger partial charge in [0.1, 0.15) is 0 Å². The molecule has 0 aliphatic heterocycles. The summed E-state index contributed by atoms with van der Waals surface area (Å²) in [5.74, 6) is 0. The summed E-state index contributed by atoms with van der Waals surface area (Å²) in [5, 5.41) is 0. The highest BCUT2D eigenvalue weighted by Gasteiger charge is 2.39. The van der Waals surface area contributed by atoms with E-state index >= 15 is 0 Å². The van der Waals surface area contributed by atoms with Crippen LogP contribution in [-0.2, 0) is 0 Å². The normalized spacial score (nSPS) is 29.6. The molecular formula is C14H29N. The van der Waals surface area contributed by atoms with E-state index in [4.69, 9.17) is 5.73 Å². The molecule has 0 amide bonds. The lowest BCUT2D eigenvalue weighted by atomic mass is 9.85. The van der Waals surface area contributed by atoms with Crippen LogP contribution in [0.5, 0.6) is 0 Å². The van der Waals surface area contributed by atoms with Crippen molar-refractivity contribution in [1.29, 1.82) is 0 Å². The van der Waals surface area contributed by atoms with E-state index in [0.29, 0.717) is 5.41 Å². The van der Waals surface area contributed by atoms with Gasteiger partial charge in [-0.2, -0.15) is 0 Å². The van der Waals surface area contributed by atoms with Gasteiger partial charge < -0.3 is 5.73 Å². The van der Waals surface area contributed by atoms with Crippen molar-refractivity contribution in [3.05, 3.63) is 0 Å². The fraction of sp³-hybridized carbons (Fsp3) is 1.00. The quantitative estimate of drug-likeness (QED) is 0.653. The van der Waals surface area contributed by atoms with Gasteiger partial charge in [0.25, 0.3) is 0 Å². The van der Waals surface area contributed by atoms with Gasteiger partial charge in [-0.05, 0) is 31.1 Å². The summed E-state index contributed by atoms with van der Waals surface area (Å²) >= 11 is 0. The molecule has 1 aliphatic rings. The molecule has 1 heteroatoms. The lowest BCUT2D eigenvalue weighted by Gasteiger charge is -2.26. The maximum absolute atomic E-state index is 6.45. The van der Waals surface area contributed by atoms with Crippen LogP contribution in [0.4, 0.5) is 0 Å². The first-order chi connectivity index (χ1) is 6.97. The molecule has 1 fully saturated rings. The highest BCUT2D eigenvalue weighted by molar-refractivity contribution is 4.97. The standard InChI is InChI=1S/C14H29N/c1-4-5-6-7-8-9-14(15)11-10-13(2,3)12-14/h4-12,15H2,1-3H3. The summed E-state index contributed by atoms with van der Waals surface area (Å²) < 4.78 is 0. The van der Waals surface area contributed by atoms with Gasteiger partial charge in [0.05, 0.1) is 0 Å². The van der Waals surface area contributed by atoms with Crippen LogP contribution in [0, 0.1) is 5.41 Å². The average Bonchev–Trinajstić information content (AvgIpc) is 2.41. The molecule has 15 heavy (non-hydrogen) atoms. The van der Waals surface area contributed by atoms with Gasteiger partial charge in [-0.1, -0.05) is 52.9 Å². The van der Waals surface area contributed by atoms with Crippen LogP contribution in [0.15, 0.2) is 0 Å².